The molecule has 5 nitrogen and oxygen atoms in total. The summed E-state index contributed by atoms with van der Waals surface area (Å²) in [6, 6.07) is 1.35. The average Bonchev–Trinajstić information content (AvgIpc) is 3.22. The van der Waals surface area contributed by atoms with Crippen molar-refractivity contribution in [2.75, 3.05) is 0 Å². The molecular formula is C15H11F6N5S2. The van der Waals surface area contributed by atoms with Gasteiger partial charge in [-0.25, -0.2) is 9.67 Å². The van der Waals surface area contributed by atoms with Gasteiger partial charge in [-0.2, -0.15) is 26.3 Å². The number of benzene rings is 1. The Bertz CT molecular complexity index is 944. The van der Waals surface area contributed by atoms with Crippen molar-refractivity contribution in [3.05, 3.63) is 34.7 Å². The van der Waals surface area contributed by atoms with Crippen LogP contribution in [-0.2, 0) is 12.4 Å². The third-order valence-electron chi connectivity index (χ3n) is 3.50. The van der Waals surface area contributed by atoms with Crippen LogP contribution >= 0.6 is 23.1 Å². The van der Waals surface area contributed by atoms with Crippen LogP contribution in [0.25, 0.3) is 11.3 Å². The summed E-state index contributed by atoms with van der Waals surface area (Å²) in [7, 11) is 0. The molecule has 0 radical (unpaired) electrons. The van der Waals surface area contributed by atoms with Crippen molar-refractivity contribution < 1.29 is 26.3 Å². The van der Waals surface area contributed by atoms with Crippen molar-refractivity contribution in [2.24, 2.45) is 0 Å². The van der Waals surface area contributed by atoms with Gasteiger partial charge in [0.05, 0.1) is 22.9 Å². The molecule has 0 unspecified atom stereocenters. The lowest BCUT2D eigenvalue weighted by atomic mass is 10.0. The summed E-state index contributed by atoms with van der Waals surface area (Å²) < 4.78 is 80.0. The zero-order chi connectivity index (χ0) is 20.7. The van der Waals surface area contributed by atoms with Crippen LogP contribution in [-0.4, -0.2) is 25.2 Å². The van der Waals surface area contributed by atoms with E-state index in [0.29, 0.717) is 21.6 Å². The van der Waals surface area contributed by atoms with E-state index in [1.807, 2.05) is 13.8 Å². The predicted molar refractivity (Wildman–Crippen MR) is 89.9 cm³/mol. The van der Waals surface area contributed by atoms with E-state index in [1.165, 1.54) is 10.1 Å². The highest BCUT2D eigenvalue weighted by atomic mass is 32.2. The van der Waals surface area contributed by atoms with Crippen LogP contribution in [0.2, 0.25) is 0 Å². The molecule has 3 aromatic rings. The highest BCUT2D eigenvalue weighted by molar-refractivity contribution is 8.00. The van der Waals surface area contributed by atoms with Gasteiger partial charge >= 0.3 is 12.4 Å². The largest absolute Gasteiger partial charge is 0.416 e. The van der Waals surface area contributed by atoms with Gasteiger partial charge < -0.3 is 0 Å². The molecule has 28 heavy (non-hydrogen) atoms. The van der Waals surface area contributed by atoms with Crippen molar-refractivity contribution in [2.45, 2.75) is 41.7 Å². The Kier molecular flexibility index (Phi) is 5.40. The van der Waals surface area contributed by atoms with Gasteiger partial charge in [0.2, 0.25) is 5.16 Å². The maximum atomic E-state index is 13.0. The molecule has 0 amide bonds. The molecule has 1 aromatic carbocycles. The van der Waals surface area contributed by atoms with Gasteiger partial charge in [0.25, 0.3) is 0 Å². The maximum absolute atomic E-state index is 13.0. The molecule has 0 atom stereocenters. The minimum atomic E-state index is -4.91. The topological polar surface area (TPSA) is 56.5 Å². The molecule has 0 fully saturated rings. The third kappa shape index (κ3) is 4.46. The smallest absolute Gasteiger partial charge is 0.229 e. The van der Waals surface area contributed by atoms with Gasteiger partial charge in [0.15, 0.2) is 4.34 Å². The van der Waals surface area contributed by atoms with E-state index in [9.17, 15) is 26.3 Å². The van der Waals surface area contributed by atoms with Crippen LogP contribution in [0, 0.1) is 0 Å². The van der Waals surface area contributed by atoms with Crippen LogP contribution in [0.5, 0.6) is 0 Å². The number of alkyl halides is 6. The fourth-order valence-corrected chi connectivity index (χ4v) is 4.03. The Morgan fingerprint density at radius 3 is 2.14 bits per heavy atom. The molecule has 0 bridgehead atoms. The molecule has 0 aliphatic carbocycles. The van der Waals surface area contributed by atoms with E-state index < -0.39 is 23.5 Å². The first-order valence-corrected chi connectivity index (χ1v) is 9.36. The Balaban J connectivity index is 1.97. The first kappa shape index (κ1) is 20.6. The monoisotopic (exact) mass is 439 g/mol. The number of hydrogen-bond donors (Lipinski definition) is 0. The van der Waals surface area contributed by atoms with E-state index in [2.05, 4.69) is 20.5 Å². The quantitative estimate of drug-likeness (QED) is 0.498. The number of rotatable bonds is 4. The summed E-state index contributed by atoms with van der Waals surface area (Å²) in [5.74, 6) is 0. The SMILES string of the molecule is CC(C)n1nnnc1Sc1nc(-c2cc(C(F)(F)F)cc(C(F)(F)F)c2)cs1. The molecular weight excluding hydrogens is 428 g/mol. The van der Waals surface area contributed by atoms with Crippen molar-refractivity contribution in [3.8, 4) is 11.3 Å². The molecule has 0 aliphatic heterocycles. The molecule has 2 aromatic heterocycles. The zero-order valence-corrected chi connectivity index (χ0v) is 15.8. The molecule has 13 heteroatoms. The van der Waals surface area contributed by atoms with Gasteiger partial charge in [-0.05, 0) is 54.2 Å². The first-order valence-electron chi connectivity index (χ1n) is 7.66. The second-order valence-electron chi connectivity index (χ2n) is 5.90. The molecule has 150 valence electrons. The molecule has 0 aliphatic rings. The summed E-state index contributed by atoms with van der Waals surface area (Å²) in [4.78, 5) is 4.14. The van der Waals surface area contributed by atoms with Crippen molar-refractivity contribution in [1.82, 2.24) is 25.2 Å². The summed E-state index contributed by atoms with van der Waals surface area (Å²) in [5, 5.41) is 13.0. The molecule has 0 saturated carbocycles. The molecule has 0 N–H and O–H groups in total. The first-order chi connectivity index (χ1) is 12.9. The van der Waals surface area contributed by atoms with Gasteiger partial charge in [-0.3, -0.25) is 0 Å². The summed E-state index contributed by atoms with van der Waals surface area (Å²) in [5.41, 5.74) is -3.03. The van der Waals surface area contributed by atoms with Gasteiger partial charge in [-0.1, -0.05) is 0 Å². The Hall–Kier alpha value is -2.15. The number of aromatic nitrogens is 5. The number of hydrogen-bond acceptors (Lipinski definition) is 6. The normalized spacial score (nSPS) is 12.8. The third-order valence-corrected chi connectivity index (χ3v) is 5.39. The van der Waals surface area contributed by atoms with Crippen LogP contribution in [0.1, 0.15) is 31.0 Å². The number of nitrogens with zero attached hydrogens (tertiary/aromatic N) is 5. The lowest BCUT2D eigenvalue weighted by Gasteiger charge is -2.13. The Morgan fingerprint density at radius 2 is 1.61 bits per heavy atom. The van der Waals surface area contributed by atoms with E-state index in [-0.39, 0.29) is 23.4 Å². The minimum absolute atomic E-state index is 0.00710. The van der Waals surface area contributed by atoms with E-state index in [1.54, 1.807) is 0 Å². The van der Waals surface area contributed by atoms with E-state index in [4.69, 9.17) is 0 Å². The van der Waals surface area contributed by atoms with Crippen molar-refractivity contribution in [1.29, 1.82) is 0 Å². The standard InChI is InChI=1S/C15H11F6N5S2/c1-7(2)26-12(23-24-25-26)28-13-22-11(6-27-13)8-3-9(14(16,17)18)5-10(4-8)15(19,20)21/h3-7H,1-2H3. The lowest BCUT2D eigenvalue weighted by Crippen LogP contribution is -2.11. The summed E-state index contributed by atoms with van der Waals surface area (Å²) in [6.45, 7) is 3.71. The van der Waals surface area contributed by atoms with Crippen molar-refractivity contribution in [3.63, 3.8) is 0 Å². The summed E-state index contributed by atoms with van der Waals surface area (Å²) in [6.07, 6.45) is -9.83. The second-order valence-corrected chi connectivity index (χ2v) is 7.97. The molecule has 3 rings (SSSR count). The van der Waals surface area contributed by atoms with Crippen molar-refractivity contribution >= 4 is 23.1 Å². The van der Waals surface area contributed by atoms with E-state index >= 15 is 0 Å². The molecule has 0 saturated heterocycles. The Morgan fingerprint density at radius 1 is 1.00 bits per heavy atom. The van der Waals surface area contributed by atoms with Crippen LogP contribution in [0.3, 0.4) is 0 Å². The molecule has 0 spiro atoms. The lowest BCUT2D eigenvalue weighted by molar-refractivity contribution is -0.143. The predicted octanol–water partition coefficient (Wildman–Crippen LogP) is 5.57. The van der Waals surface area contributed by atoms with Crippen LogP contribution in [0.4, 0.5) is 26.3 Å². The van der Waals surface area contributed by atoms with Crippen LogP contribution in [0.15, 0.2) is 33.1 Å². The second kappa shape index (κ2) is 7.35. The fraction of sp³-hybridized carbons (Fsp3) is 0.333. The maximum Gasteiger partial charge on any atom is 0.416 e. The number of thiazole rings is 1. The zero-order valence-electron chi connectivity index (χ0n) is 14.2. The average molecular weight is 439 g/mol. The van der Waals surface area contributed by atoms with E-state index in [0.717, 1.165) is 23.1 Å². The summed E-state index contributed by atoms with van der Waals surface area (Å²) >= 11 is 2.14. The van der Waals surface area contributed by atoms with Gasteiger partial charge in [0.1, 0.15) is 0 Å². The molecule has 2 heterocycles. The number of tetrazole rings is 1. The Labute approximate surface area is 162 Å². The highest BCUT2D eigenvalue weighted by Crippen LogP contribution is 2.40. The number of halogens is 6. The fourth-order valence-electron chi connectivity index (χ4n) is 2.19. The van der Waals surface area contributed by atoms with Gasteiger partial charge in [-0.15, -0.1) is 16.4 Å². The minimum Gasteiger partial charge on any atom is -0.229 e. The highest BCUT2D eigenvalue weighted by Gasteiger charge is 2.37. The van der Waals surface area contributed by atoms with Crippen LogP contribution < -0.4 is 0 Å². The van der Waals surface area contributed by atoms with Gasteiger partial charge in [0, 0.05) is 10.9 Å².